The zero-order valence-corrected chi connectivity index (χ0v) is 16.7. The summed E-state index contributed by atoms with van der Waals surface area (Å²) in [6.07, 6.45) is 2.98. The highest BCUT2D eigenvalue weighted by Gasteiger charge is 2.30. The molecule has 2 rings (SSSR count). The predicted molar refractivity (Wildman–Crippen MR) is 104 cm³/mol. The minimum absolute atomic E-state index is 0.136. The molecule has 2 amide bonds. The average molecular weight is 406 g/mol. The van der Waals surface area contributed by atoms with Crippen molar-refractivity contribution >= 4 is 21.7 Å². The number of nitrogens with one attached hydrogen (secondary N) is 3. The SMILES string of the molecule is C[NH+](C)CCNC(=O)C(=O)NC[C@H](c1cccnc1)S(=O)(=O)c1ccccc1. The Bertz CT molecular complexity index is 887. The summed E-state index contributed by atoms with van der Waals surface area (Å²) >= 11 is 0. The van der Waals surface area contributed by atoms with Crippen molar-refractivity contribution in [2.45, 2.75) is 10.1 Å². The maximum Gasteiger partial charge on any atom is 0.309 e. The van der Waals surface area contributed by atoms with Gasteiger partial charge in [-0.05, 0) is 23.8 Å². The van der Waals surface area contributed by atoms with E-state index in [0.717, 1.165) is 4.90 Å². The Morgan fingerprint density at radius 2 is 1.71 bits per heavy atom. The summed E-state index contributed by atoms with van der Waals surface area (Å²) in [4.78, 5) is 29.2. The lowest BCUT2D eigenvalue weighted by Gasteiger charge is -2.18. The molecule has 8 nitrogen and oxygen atoms in total. The van der Waals surface area contributed by atoms with E-state index in [9.17, 15) is 18.0 Å². The second-order valence-electron chi connectivity index (χ2n) is 6.56. The van der Waals surface area contributed by atoms with Gasteiger partial charge in [-0.2, -0.15) is 0 Å². The molecular weight excluding hydrogens is 380 g/mol. The van der Waals surface area contributed by atoms with Gasteiger partial charge in [0.05, 0.1) is 32.1 Å². The second-order valence-corrected chi connectivity index (χ2v) is 8.69. The molecule has 0 unspecified atom stereocenters. The van der Waals surface area contributed by atoms with Crippen molar-refractivity contribution in [3.8, 4) is 0 Å². The first kappa shape index (κ1) is 21.5. The highest BCUT2D eigenvalue weighted by atomic mass is 32.2. The number of likely N-dealkylation sites (N-methyl/N-ethyl adjacent to an activating group) is 1. The van der Waals surface area contributed by atoms with Crippen LogP contribution in [0.4, 0.5) is 0 Å². The molecule has 0 aliphatic heterocycles. The first-order valence-electron chi connectivity index (χ1n) is 8.86. The fourth-order valence-electron chi connectivity index (χ4n) is 2.52. The van der Waals surface area contributed by atoms with Gasteiger partial charge in [-0.1, -0.05) is 24.3 Å². The quantitative estimate of drug-likeness (QED) is 0.487. The van der Waals surface area contributed by atoms with Gasteiger partial charge in [0, 0.05) is 18.9 Å². The van der Waals surface area contributed by atoms with Crippen molar-refractivity contribution < 1.29 is 22.9 Å². The molecule has 0 bridgehead atoms. The standard InChI is InChI=1S/C19H24N4O4S/c1-23(2)12-11-21-18(24)19(25)22-14-17(15-7-6-10-20-13-15)28(26,27)16-8-4-3-5-9-16/h3-10,13,17H,11-12,14H2,1-2H3,(H,21,24)(H,22,25)/p+1/t17-/m1/s1. The molecule has 0 saturated heterocycles. The molecule has 1 aromatic heterocycles. The fraction of sp³-hybridized carbons (Fsp3) is 0.316. The van der Waals surface area contributed by atoms with Gasteiger partial charge in [-0.15, -0.1) is 0 Å². The van der Waals surface area contributed by atoms with Crippen LogP contribution in [0.25, 0.3) is 0 Å². The topological polar surface area (TPSA) is 110 Å². The molecule has 0 fully saturated rings. The van der Waals surface area contributed by atoms with Gasteiger partial charge in [-0.3, -0.25) is 14.6 Å². The van der Waals surface area contributed by atoms with E-state index >= 15 is 0 Å². The van der Waals surface area contributed by atoms with E-state index < -0.39 is 26.9 Å². The van der Waals surface area contributed by atoms with Crippen molar-refractivity contribution in [1.82, 2.24) is 15.6 Å². The number of amides is 2. The van der Waals surface area contributed by atoms with Gasteiger partial charge in [0.25, 0.3) is 0 Å². The zero-order valence-electron chi connectivity index (χ0n) is 15.9. The lowest BCUT2D eigenvalue weighted by Crippen LogP contribution is -3.06. The second kappa shape index (κ2) is 9.95. The molecule has 28 heavy (non-hydrogen) atoms. The smallest absolute Gasteiger partial charge is 0.309 e. The monoisotopic (exact) mass is 405 g/mol. The molecule has 2 aromatic rings. The molecule has 0 aliphatic carbocycles. The number of carbonyl (C=O) groups excluding carboxylic acids is 2. The van der Waals surface area contributed by atoms with Crippen molar-refractivity contribution in [3.05, 3.63) is 60.4 Å². The summed E-state index contributed by atoms with van der Waals surface area (Å²) in [7, 11) is 0.0660. The summed E-state index contributed by atoms with van der Waals surface area (Å²) < 4.78 is 26.2. The van der Waals surface area contributed by atoms with Gasteiger partial charge in [0.1, 0.15) is 5.25 Å². The number of sulfone groups is 1. The zero-order chi connectivity index (χ0) is 20.6. The minimum atomic E-state index is -3.79. The van der Waals surface area contributed by atoms with Crippen LogP contribution in [-0.2, 0) is 19.4 Å². The number of aromatic nitrogens is 1. The van der Waals surface area contributed by atoms with Crippen molar-refractivity contribution in [1.29, 1.82) is 0 Å². The third-order valence-corrected chi connectivity index (χ3v) is 6.18. The molecule has 0 spiro atoms. The normalized spacial score (nSPS) is 12.4. The Labute approximate surface area is 164 Å². The van der Waals surface area contributed by atoms with Gasteiger partial charge in [0.2, 0.25) is 0 Å². The summed E-state index contributed by atoms with van der Waals surface area (Å²) in [5.74, 6) is -1.66. The minimum Gasteiger partial charge on any atom is -0.346 e. The molecule has 0 saturated carbocycles. The van der Waals surface area contributed by atoms with E-state index in [0.29, 0.717) is 18.7 Å². The molecule has 1 heterocycles. The van der Waals surface area contributed by atoms with Crippen molar-refractivity contribution in [3.63, 3.8) is 0 Å². The highest BCUT2D eigenvalue weighted by molar-refractivity contribution is 7.91. The Kier molecular flexibility index (Phi) is 7.65. The highest BCUT2D eigenvalue weighted by Crippen LogP contribution is 2.27. The number of pyridine rings is 1. The molecule has 3 N–H and O–H groups in total. The third-order valence-electron chi connectivity index (χ3n) is 4.07. The van der Waals surface area contributed by atoms with E-state index in [1.807, 2.05) is 14.1 Å². The average Bonchev–Trinajstić information content (AvgIpc) is 2.69. The van der Waals surface area contributed by atoms with Crippen LogP contribution >= 0.6 is 0 Å². The molecule has 150 valence electrons. The first-order chi connectivity index (χ1) is 13.3. The van der Waals surface area contributed by atoms with Gasteiger partial charge in [-0.25, -0.2) is 8.42 Å². The maximum absolute atomic E-state index is 13.1. The number of carbonyl (C=O) groups is 2. The van der Waals surface area contributed by atoms with Crippen LogP contribution in [0.15, 0.2) is 59.8 Å². The van der Waals surface area contributed by atoms with Crippen LogP contribution in [0.1, 0.15) is 10.8 Å². The van der Waals surface area contributed by atoms with E-state index in [-0.39, 0.29) is 11.4 Å². The van der Waals surface area contributed by atoms with Gasteiger partial charge >= 0.3 is 11.8 Å². The predicted octanol–water partition coefficient (Wildman–Crippen LogP) is -1.03. The van der Waals surface area contributed by atoms with E-state index in [4.69, 9.17) is 0 Å². The molecule has 1 atom stereocenters. The number of hydrogen-bond acceptors (Lipinski definition) is 5. The van der Waals surface area contributed by atoms with Crippen LogP contribution < -0.4 is 15.5 Å². The van der Waals surface area contributed by atoms with Crippen LogP contribution in [0.3, 0.4) is 0 Å². The largest absolute Gasteiger partial charge is 0.346 e. The van der Waals surface area contributed by atoms with E-state index in [2.05, 4.69) is 15.6 Å². The molecule has 1 aromatic carbocycles. The molecule has 0 aliphatic rings. The number of rotatable bonds is 8. The maximum atomic E-state index is 13.1. The van der Waals surface area contributed by atoms with Crippen LogP contribution in [0, 0.1) is 0 Å². The van der Waals surface area contributed by atoms with Crippen LogP contribution in [0.2, 0.25) is 0 Å². The third kappa shape index (κ3) is 5.86. The van der Waals surface area contributed by atoms with Crippen LogP contribution in [0.5, 0.6) is 0 Å². The molecule has 9 heteroatoms. The fourth-order valence-corrected chi connectivity index (χ4v) is 4.19. The van der Waals surface area contributed by atoms with Gasteiger partial charge in [0.15, 0.2) is 9.84 Å². The van der Waals surface area contributed by atoms with E-state index in [1.54, 1.807) is 30.3 Å². The lowest BCUT2D eigenvalue weighted by molar-refractivity contribution is -0.856. The Morgan fingerprint density at radius 1 is 1.04 bits per heavy atom. The summed E-state index contributed by atoms with van der Waals surface area (Å²) in [6.45, 7) is 0.775. The van der Waals surface area contributed by atoms with Crippen molar-refractivity contribution in [2.24, 2.45) is 0 Å². The Balaban J connectivity index is 2.14. The molecular formula is C19H25N4O4S+. The number of benzene rings is 1. The van der Waals surface area contributed by atoms with E-state index in [1.165, 1.54) is 24.5 Å². The van der Waals surface area contributed by atoms with Gasteiger partial charge < -0.3 is 15.5 Å². The number of quaternary nitrogens is 1. The first-order valence-corrected chi connectivity index (χ1v) is 10.4. The summed E-state index contributed by atoms with van der Waals surface area (Å²) in [5.41, 5.74) is 0.434. The Hall–Kier alpha value is -2.78. The van der Waals surface area contributed by atoms with Crippen LogP contribution in [-0.4, -0.2) is 58.9 Å². The lowest BCUT2D eigenvalue weighted by atomic mass is 10.2. The Morgan fingerprint density at radius 3 is 2.32 bits per heavy atom. The van der Waals surface area contributed by atoms with Crippen molar-refractivity contribution in [2.75, 3.05) is 33.7 Å². The number of hydrogen-bond donors (Lipinski definition) is 3. The number of nitrogens with zero attached hydrogens (tertiary/aromatic N) is 1. The summed E-state index contributed by atoms with van der Waals surface area (Å²) in [5, 5.41) is 3.88. The summed E-state index contributed by atoms with van der Waals surface area (Å²) in [6, 6.07) is 11.2. The molecule has 0 radical (unpaired) electrons.